The Balaban J connectivity index is 2.06. The average Bonchev–Trinajstić information content (AvgIpc) is 3.11. The zero-order chi connectivity index (χ0) is 12.5. The van der Waals surface area contributed by atoms with Gasteiger partial charge >= 0.3 is 5.97 Å². The second-order valence-electron chi connectivity index (χ2n) is 4.84. The first-order valence-corrected chi connectivity index (χ1v) is 5.95. The van der Waals surface area contributed by atoms with Crippen LogP contribution < -0.4 is 0 Å². The fourth-order valence-corrected chi connectivity index (χ4v) is 2.11. The normalized spacial score (nSPS) is 18.7. The van der Waals surface area contributed by atoms with Crippen molar-refractivity contribution in [2.75, 3.05) is 7.11 Å². The molecule has 1 aliphatic rings. The largest absolute Gasteiger partial charge is 0.481 e. The number of carbonyl (C=O) groups is 1. The summed E-state index contributed by atoms with van der Waals surface area (Å²) in [5.74, 6) is -1.08. The molecule has 1 unspecified atom stereocenters. The van der Waals surface area contributed by atoms with Crippen molar-refractivity contribution in [2.24, 2.45) is 5.92 Å². The van der Waals surface area contributed by atoms with Crippen molar-refractivity contribution < 1.29 is 14.6 Å². The molecule has 3 nitrogen and oxygen atoms in total. The molecule has 17 heavy (non-hydrogen) atoms. The summed E-state index contributed by atoms with van der Waals surface area (Å²) in [4.78, 5) is 10.8. The molecule has 0 aliphatic heterocycles. The van der Waals surface area contributed by atoms with E-state index < -0.39 is 5.97 Å². The summed E-state index contributed by atoms with van der Waals surface area (Å²) < 4.78 is 5.50. The number of ether oxygens (including phenoxy) is 1. The quantitative estimate of drug-likeness (QED) is 0.851. The molecule has 1 atom stereocenters. The van der Waals surface area contributed by atoms with Gasteiger partial charge in [0, 0.05) is 7.11 Å². The maximum Gasteiger partial charge on any atom is 0.306 e. The van der Waals surface area contributed by atoms with Crippen molar-refractivity contribution >= 4 is 5.97 Å². The fraction of sp³-hybridized carbons (Fsp3) is 0.500. The SMILES string of the molecule is COC1(c2ccc(CC(C)C(=O)O)cc2)CC1. The topological polar surface area (TPSA) is 46.5 Å². The Hall–Kier alpha value is -1.35. The van der Waals surface area contributed by atoms with Gasteiger partial charge in [0.2, 0.25) is 0 Å². The van der Waals surface area contributed by atoms with Gasteiger partial charge in [0.1, 0.15) is 0 Å². The van der Waals surface area contributed by atoms with Crippen molar-refractivity contribution in [1.82, 2.24) is 0 Å². The lowest BCUT2D eigenvalue weighted by molar-refractivity contribution is -0.141. The van der Waals surface area contributed by atoms with Gasteiger partial charge in [-0.25, -0.2) is 0 Å². The first-order valence-electron chi connectivity index (χ1n) is 5.95. The van der Waals surface area contributed by atoms with Gasteiger partial charge in [-0.15, -0.1) is 0 Å². The third-order valence-corrected chi connectivity index (χ3v) is 3.54. The summed E-state index contributed by atoms with van der Waals surface area (Å²) >= 11 is 0. The van der Waals surface area contributed by atoms with Gasteiger partial charge < -0.3 is 9.84 Å². The number of aliphatic carboxylic acids is 1. The highest BCUT2D eigenvalue weighted by Gasteiger charge is 2.44. The molecule has 1 N–H and O–H groups in total. The Labute approximate surface area is 101 Å². The Morgan fingerprint density at radius 3 is 2.41 bits per heavy atom. The van der Waals surface area contributed by atoms with E-state index in [0.29, 0.717) is 6.42 Å². The second-order valence-corrected chi connectivity index (χ2v) is 4.84. The average molecular weight is 234 g/mol. The maximum absolute atomic E-state index is 10.8. The maximum atomic E-state index is 10.8. The van der Waals surface area contributed by atoms with E-state index in [9.17, 15) is 4.79 Å². The number of hydrogen-bond donors (Lipinski definition) is 1. The fourth-order valence-electron chi connectivity index (χ4n) is 2.11. The molecule has 1 aromatic carbocycles. The second kappa shape index (κ2) is 4.49. The Morgan fingerprint density at radius 1 is 1.41 bits per heavy atom. The third-order valence-electron chi connectivity index (χ3n) is 3.54. The van der Waals surface area contributed by atoms with Crippen molar-refractivity contribution in [1.29, 1.82) is 0 Å². The van der Waals surface area contributed by atoms with Crippen molar-refractivity contribution in [2.45, 2.75) is 31.8 Å². The minimum Gasteiger partial charge on any atom is -0.481 e. The van der Waals surface area contributed by atoms with Crippen LogP contribution in [0.25, 0.3) is 0 Å². The highest BCUT2D eigenvalue weighted by Crippen LogP contribution is 2.48. The number of methoxy groups -OCH3 is 1. The predicted octanol–water partition coefficient (Wildman–Crippen LogP) is 2.59. The summed E-state index contributed by atoms with van der Waals surface area (Å²) in [6.07, 6.45) is 2.73. The first-order chi connectivity index (χ1) is 8.07. The van der Waals surface area contributed by atoms with E-state index in [0.717, 1.165) is 18.4 Å². The van der Waals surface area contributed by atoms with Gasteiger partial charge in [-0.1, -0.05) is 31.2 Å². The minimum absolute atomic E-state index is 0.0586. The summed E-state index contributed by atoms with van der Waals surface area (Å²) in [6.45, 7) is 1.73. The molecule has 0 heterocycles. The Kier molecular flexibility index (Phi) is 3.20. The van der Waals surface area contributed by atoms with Crippen LogP contribution in [-0.2, 0) is 21.6 Å². The molecule has 0 spiro atoms. The molecule has 3 heteroatoms. The predicted molar refractivity (Wildman–Crippen MR) is 64.9 cm³/mol. The number of rotatable bonds is 5. The molecule has 1 saturated carbocycles. The van der Waals surface area contributed by atoms with Crippen LogP contribution >= 0.6 is 0 Å². The summed E-state index contributed by atoms with van der Waals surface area (Å²) in [7, 11) is 1.74. The molecule has 0 amide bonds. The number of hydrogen-bond acceptors (Lipinski definition) is 2. The van der Waals surface area contributed by atoms with Gasteiger partial charge in [-0.05, 0) is 30.4 Å². The van der Waals surface area contributed by atoms with Crippen LogP contribution in [0, 0.1) is 5.92 Å². The van der Waals surface area contributed by atoms with Crippen molar-refractivity contribution in [3.8, 4) is 0 Å². The van der Waals surface area contributed by atoms with E-state index >= 15 is 0 Å². The molecule has 1 aliphatic carbocycles. The number of carboxylic acids is 1. The smallest absolute Gasteiger partial charge is 0.306 e. The molecule has 92 valence electrons. The molecular weight excluding hydrogens is 216 g/mol. The van der Waals surface area contributed by atoms with E-state index in [2.05, 4.69) is 12.1 Å². The molecular formula is C14H18O3. The van der Waals surface area contributed by atoms with E-state index in [1.807, 2.05) is 12.1 Å². The zero-order valence-electron chi connectivity index (χ0n) is 10.3. The van der Waals surface area contributed by atoms with Crippen LogP contribution in [-0.4, -0.2) is 18.2 Å². The third kappa shape index (κ3) is 2.50. The summed E-state index contributed by atoms with van der Waals surface area (Å²) in [5, 5.41) is 8.86. The summed E-state index contributed by atoms with van der Waals surface area (Å²) in [6, 6.07) is 8.13. The highest BCUT2D eigenvalue weighted by molar-refractivity contribution is 5.69. The van der Waals surface area contributed by atoms with Crippen LogP contribution in [0.4, 0.5) is 0 Å². The molecule has 0 radical (unpaired) electrons. The van der Waals surface area contributed by atoms with E-state index in [4.69, 9.17) is 9.84 Å². The first kappa shape index (κ1) is 12.1. The van der Waals surface area contributed by atoms with Crippen LogP contribution in [0.2, 0.25) is 0 Å². The van der Waals surface area contributed by atoms with Gasteiger partial charge in [-0.2, -0.15) is 0 Å². The molecule has 0 aromatic heterocycles. The Bertz CT molecular complexity index is 404. The van der Waals surface area contributed by atoms with Crippen LogP contribution in [0.5, 0.6) is 0 Å². The number of benzene rings is 1. The lowest BCUT2D eigenvalue weighted by atomic mass is 9.98. The van der Waals surface area contributed by atoms with E-state index in [1.54, 1.807) is 14.0 Å². The minimum atomic E-state index is -0.746. The summed E-state index contributed by atoms with van der Waals surface area (Å²) in [5.41, 5.74) is 2.21. The zero-order valence-corrected chi connectivity index (χ0v) is 10.3. The molecule has 1 fully saturated rings. The van der Waals surface area contributed by atoms with Gasteiger partial charge in [0.05, 0.1) is 11.5 Å². The lowest BCUT2D eigenvalue weighted by Crippen LogP contribution is -2.13. The monoisotopic (exact) mass is 234 g/mol. The van der Waals surface area contributed by atoms with Crippen LogP contribution in [0.15, 0.2) is 24.3 Å². The standard InChI is InChI=1S/C14H18O3/c1-10(13(15)16)9-11-3-5-12(6-4-11)14(17-2)7-8-14/h3-6,10H,7-9H2,1-2H3,(H,15,16). The molecule has 2 rings (SSSR count). The van der Waals surface area contributed by atoms with E-state index in [-0.39, 0.29) is 11.5 Å². The highest BCUT2D eigenvalue weighted by atomic mass is 16.5. The van der Waals surface area contributed by atoms with Gasteiger partial charge in [-0.3, -0.25) is 4.79 Å². The Morgan fingerprint density at radius 2 is 2.00 bits per heavy atom. The molecule has 0 saturated heterocycles. The van der Waals surface area contributed by atoms with Crippen molar-refractivity contribution in [3.63, 3.8) is 0 Å². The van der Waals surface area contributed by atoms with Gasteiger partial charge in [0.15, 0.2) is 0 Å². The van der Waals surface area contributed by atoms with Crippen LogP contribution in [0.3, 0.4) is 0 Å². The molecule has 0 bridgehead atoms. The van der Waals surface area contributed by atoms with Gasteiger partial charge in [0.25, 0.3) is 0 Å². The molecule has 1 aromatic rings. The van der Waals surface area contributed by atoms with Crippen LogP contribution in [0.1, 0.15) is 30.9 Å². The number of carboxylic acid groups (broad SMARTS) is 1. The van der Waals surface area contributed by atoms with E-state index in [1.165, 1.54) is 5.56 Å². The van der Waals surface area contributed by atoms with Crippen molar-refractivity contribution in [3.05, 3.63) is 35.4 Å². The lowest BCUT2D eigenvalue weighted by Gasteiger charge is -2.14.